The van der Waals surface area contributed by atoms with Gasteiger partial charge in [-0.2, -0.15) is 0 Å². The number of ketones is 1. The Hall–Kier alpha value is -2.37. The molecule has 0 spiro atoms. The second-order valence-corrected chi connectivity index (χ2v) is 3.54. The second kappa shape index (κ2) is 4.25. The zero-order valence-corrected chi connectivity index (χ0v) is 8.73. The van der Waals surface area contributed by atoms with E-state index in [-0.39, 0.29) is 18.1 Å². The number of hydrogen-bond acceptors (Lipinski definition) is 4. The smallest absolute Gasteiger partial charge is 0.311 e. The van der Waals surface area contributed by atoms with Gasteiger partial charge < -0.3 is 15.2 Å². The van der Waals surface area contributed by atoms with Gasteiger partial charge >= 0.3 is 5.97 Å². The van der Waals surface area contributed by atoms with Crippen LogP contribution in [-0.2, 0) is 9.59 Å². The summed E-state index contributed by atoms with van der Waals surface area (Å²) < 4.78 is 5.11. The van der Waals surface area contributed by atoms with Crippen molar-refractivity contribution in [3.8, 4) is 5.75 Å². The van der Waals surface area contributed by atoms with E-state index in [9.17, 15) is 14.4 Å². The average molecular weight is 235 g/mol. The number of aliphatic carboxylic acids is 1. The maximum absolute atomic E-state index is 11.5. The van der Waals surface area contributed by atoms with Crippen molar-refractivity contribution in [1.29, 1.82) is 0 Å². The molecule has 2 rings (SSSR count). The van der Waals surface area contributed by atoms with E-state index < -0.39 is 18.2 Å². The fourth-order valence-corrected chi connectivity index (χ4v) is 1.50. The molecule has 0 saturated carbocycles. The summed E-state index contributed by atoms with van der Waals surface area (Å²) in [4.78, 5) is 33.0. The number of anilines is 1. The third-order valence-electron chi connectivity index (χ3n) is 2.25. The van der Waals surface area contributed by atoms with Crippen LogP contribution >= 0.6 is 0 Å². The average Bonchev–Trinajstić information content (AvgIpc) is 2.27. The normalized spacial score (nSPS) is 13.3. The van der Waals surface area contributed by atoms with Crippen LogP contribution in [0.1, 0.15) is 16.8 Å². The first kappa shape index (κ1) is 11.1. The Balaban J connectivity index is 2.26. The number of benzene rings is 1. The molecule has 88 valence electrons. The van der Waals surface area contributed by atoms with Gasteiger partial charge in [0.1, 0.15) is 12.2 Å². The van der Waals surface area contributed by atoms with Crippen LogP contribution in [0.5, 0.6) is 5.75 Å². The van der Waals surface area contributed by atoms with Crippen molar-refractivity contribution in [1.82, 2.24) is 0 Å². The molecule has 1 aliphatic heterocycles. The molecule has 17 heavy (non-hydrogen) atoms. The van der Waals surface area contributed by atoms with Gasteiger partial charge in [-0.3, -0.25) is 14.4 Å². The number of fused-ring (bicyclic) bond motifs is 1. The molecule has 1 aromatic rings. The number of carbonyl (C=O) groups excluding carboxylic acids is 2. The Morgan fingerprint density at radius 2 is 2.18 bits per heavy atom. The lowest BCUT2D eigenvalue weighted by molar-refractivity contribution is -0.135. The quantitative estimate of drug-likeness (QED) is 0.593. The van der Waals surface area contributed by atoms with Crippen molar-refractivity contribution >= 4 is 23.3 Å². The van der Waals surface area contributed by atoms with Crippen molar-refractivity contribution in [3.63, 3.8) is 0 Å². The van der Waals surface area contributed by atoms with Crippen molar-refractivity contribution in [2.24, 2.45) is 0 Å². The molecule has 6 heteroatoms. The van der Waals surface area contributed by atoms with E-state index in [0.29, 0.717) is 11.4 Å². The Morgan fingerprint density at radius 1 is 1.41 bits per heavy atom. The molecule has 6 nitrogen and oxygen atoms in total. The lowest BCUT2D eigenvalue weighted by Crippen LogP contribution is -2.25. The second-order valence-electron chi connectivity index (χ2n) is 3.54. The first-order chi connectivity index (χ1) is 8.06. The van der Waals surface area contributed by atoms with Crippen LogP contribution in [-0.4, -0.2) is 29.4 Å². The fraction of sp³-hybridized carbons (Fsp3) is 0.182. The van der Waals surface area contributed by atoms with Gasteiger partial charge in [-0.25, -0.2) is 0 Å². The molecule has 1 amide bonds. The van der Waals surface area contributed by atoms with E-state index in [2.05, 4.69) is 5.32 Å². The number of ether oxygens (including phenoxy) is 1. The molecule has 1 aromatic carbocycles. The van der Waals surface area contributed by atoms with Crippen LogP contribution in [0.15, 0.2) is 18.2 Å². The van der Waals surface area contributed by atoms with Crippen molar-refractivity contribution in [3.05, 3.63) is 23.8 Å². The van der Waals surface area contributed by atoms with Crippen molar-refractivity contribution in [2.45, 2.75) is 6.42 Å². The highest BCUT2D eigenvalue weighted by Gasteiger charge is 2.18. The lowest BCUT2D eigenvalue weighted by Gasteiger charge is -2.18. The predicted octanol–water partition coefficient (Wildman–Crippen LogP) is 0.675. The summed E-state index contributed by atoms with van der Waals surface area (Å²) in [5, 5.41) is 11.1. The molecule has 0 aliphatic carbocycles. The molecule has 0 atom stereocenters. The van der Waals surface area contributed by atoms with Gasteiger partial charge in [0.25, 0.3) is 5.91 Å². The highest BCUT2D eigenvalue weighted by atomic mass is 16.5. The third kappa shape index (κ3) is 2.41. The van der Waals surface area contributed by atoms with Gasteiger partial charge in [-0.05, 0) is 18.2 Å². The minimum atomic E-state index is -1.19. The zero-order valence-electron chi connectivity index (χ0n) is 8.73. The molecule has 2 N–H and O–H groups in total. The Kier molecular flexibility index (Phi) is 2.78. The molecule has 0 saturated heterocycles. The predicted molar refractivity (Wildman–Crippen MR) is 57.2 cm³/mol. The highest BCUT2D eigenvalue weighted by Crippen LogP contribution is 2.28. The van der Waals surface area contributed by atoms with Crippen LogP contribution in [0.2, 0.25) is 0 Å². The van der Waals surface area contributed by atoms with Crippen molar-refractivity contribution in [2.75, 3.05) is 11.9 Å². The molecule has 1 aliphatic rings. The SMILES string of the molecule is O=C(O)CC(=O)c1ccc2c(c1)NC(=O)CO2. The number of carbonyl (C=O) groups is 3. The zero-order chi connectivity index (χ0) is 12.4. The number of Topliss-reactive ketones (excluding diaryl/α,β-unsaturated/α-hetero) is 1. The maximum atomic E-state index is 11.5. The van der Waals surface area contributed by atoms with Gasteiger partial charge in [0.2, 0.25) is 0 Å². The van der Waals surface area contributed by atoms with Crippen LogP contribution in [0.25, 0.3) is 0 Å². The van der Waals surface area contributed by atoms with Gasteiger partial charge in [0.15, 0.2) is 12.4 Å². The number of carboxylic acids is 1. The minimum absolute atomic E-state index is 0.0601. The van der Waals surface area contributed by atoms with Crippen LogP contribution in [0.4, 0.5) is 5.69 Å². The Labute approximate surface area is 96.2 Å². The van der Waals surface area contributed by atoms with Crippen LogP contribution in [0, 0.1) is 0 Å². The lowest BCUT2D eigenvalue weighted by atomic mass is 10.1. The largest absolute Gasteiger partial charge is 0.482 e. The number of hydrogen-bond donors (Lipinski definition) is 2. The third-order valence-corrected chi connectivity index (χ3v) is 2.25. The molecule has 0 aromatic heterocycles. The number of nitrogens with one attached hydrogen (secondary N) is 1. The summed E-state index contributed by atoms with van der Waals surface area (Å²) in [5.41, 5.74) is 0.620. The standard InChI is InChI=1S/C11H9NO5/c13-8(4-11(15)16)6-1-2-9-7(3-6)12-10(14)5-17-9/h1-3H,4-5H2,(H,12,14)(H,15,16). The summed E-state index contributed by atoms with van der Waals surface area (Å²) in [6.07, 6.45) is -0.576. The molecule has 0 radical (unpaired) electrons. The topological polar surface area (TPSA) is 92.7 Å². The number of carboxylic acid groups (broad SMARTS) is 1. The summed E-state index contributed by atoms with van der Waals surface area (Å²) >= 11 is 0. The summed E-state index contributed by atoms with van der Waals surface area (Å²) in [7, 11) is 0. The van der Waals surface area contributed by atoms with Gasteiger partial charge in [0.05, 0.1) is 5.69 Å². The van der Waals surface area contributed by atoms with Gasteiger partial charge in [0, 0.05) is 5.56 Å². The summed E-state index contributed by atoms with van der Waals surface area (Å²) in [6.45, 7) is -0.0601. The molecule has 0 bridgehead atoms. The molecular weight excluding hydrogens is 226 g/mol. The summed E-state index contributed by atoms with van der Waals surface area (Å²) in [6, 6.07) is 4.42. The van der Waals surface area contributed by atoms with Gasteiger partial charge in [-0.1, -0.05) is 0 Å². The first-order valence-corrected chi connectivity index (χ1v) is 4.88. The minimum Gasteiger partial charge on any atom is -0.482 e. The van der Waals surface area contributed by atoms with Crippen LogP contribution in [0.3, 0.4) is 0 Å². The summed E-state index contributed by atoms with van der Waals surface area (Å²) in [5.74, 6) is -1.54. The van der Waals surface area contributed by atoms with E-state index in [1.165, 1.54) is 18.2 Å². The highest BCUT2D eigenvalue weighted by molar-refractivity contribution is 6.07. The number of amides is 1. The Morgan fingerprint density at radius 3 is 2.88 bits per heavy atom. The van der Waals surface area contributed by atoms with Crippen LogP contribution < -0.4 is 10.1 Å². The molecular formula is C11H9NO5. The first-order valence-electron chi connectivity index (χ1n) is 4.88. The van der Waals surface area contributed by atoms with Crippen molar-refractivity contribution < 1.29 is 24.2 Å². The van der Waals surface area contributed by atoms with E-state index in [1.54, 1.807) is 0 Å². The van der Waals surface area contributed by atoms with E-state index >= 15 is 0 Å². The maximum Gasteiger partial charge on any atom is 0.311 e. The monoisotopic (exact) mass is 235 g/mol. The Bertz CT molecular complexity index is 509. The van der Waals surface area contributed by atoms with E-state index in [4.69, 9.17) is 9.84 Å². The number of rotatable bonds is 3. The molecule has 0 fully saturated rings. The molecule has 1 heterocycles. The van der Waals surface area contributed by atoms with E-state index in [1.807, 2.05) is 0 Å². The van der Waals surface area contributed by atoms with E-state index in [0.717, 1.165) is 0 Å². The fourth-order valence-electron chi connectivity index (χ4n) is 1.50. The van der Waals surface area contributed by atoms with Gasteiger partial charge in [-0.15, -0.1) is 0 Å². The molecule has 0 unspecified atom stereocenters.